The predicted octanol–water partition coefficient (Wildman–Crippen LogP) is 5.04. The Morgan fingerprint density at radius 2 is 1.83 bits per heavy atom. The maximum absolute atomic E-state index is 5.55. The lowest BCUT2D eigenvalue weighted by Gasteiger charge is -2.39. The fraction of sp³-hybridized carbons (Fsp3) is 0.444. The summed E-state index contributed by atoms with van der Waals surface area (Å²) in [5.74, 6) is 1.51. The highest BCUT2D eigenvalue weighted by Gasteiger charge is 2.28. The lowest BCUT2D eigenvalue weighted by molar-refractivity contribution is 0.00791. The number of aromatic nitrogens is 4. The molecule has 2 fully saturated rings. The van der Waals surface area contributed by atoms with E-state index in [-0.39, 0.29) is 0 Å². The number of benzene rings is 1. The van der Waals surface area contributed by atoms with Crippen LogP contribution in [0.15, 0.2) is 48.7 Å². The Morgan fingerprint density at radius 3 is 2.58 bits per heavy atom. The Hall–Kier alpha value is -3.01. The molecule has 0 amide bonds. The third-order valence-corrected chi connectivity index (χ3v) is 8.06. The Kier molecular flexibility index (Phi) is 6.85. The van der Waals surface area contributed by atoms with Gasteiger partial charge in [-0.2, -0.15) is 9.36 Å². The Labute approximate surface area is 215 Å². The van der Waals surface area contributed by atoms with Crippen molar-refractivity contribution in [2.75, 3.05) is 36.9 Å². The van der Waals surface area contributed by atoms with E-state index in [1.54, 1.807) is 0 Å². The lowest BCUT2D eigenvalue weighted by atomic mass is 9.90. The molecule has 0 atom stereocenters. The highest BCUT2D eigenvalue weighted by Crippen LogP contribution is 2.31. The van der Waals surface area contributed by atoms with Gasteiger partial charge >= 0.3 is 0 Å². The fourth-order valence-corrected chi connectivity index (χ4v) is 6.08. The summed E-state index contributed by atoms with van der Waals surface area (Å²) < 4.78 is 12.2. The summed E-state index contributed by atoms with van der Waals surface area (Å²) in [7, 11) is 0. The average molecular weight is 504 g/mol. The molecule has 8 nitrogen and oxygen atoms in total. The van der Waals surface area contributed by atoms with Crippen LogP contribution in [0.5, 0.6) is 0 Å². The highest BCUT2D eigenvalue weighted by molar-refractivity contribution is 7.10. The van der Waals surface area contributed by atoms with Crippen LogP contribution in [-0.2, 0) is 11.3 Å². The number of nitrogens with one attached hydrogen (secondary N) is 2. The average Bonchev–Trinajstić information content (AvgIpc) is 3.51. The normalized spacial score (nSPS) is 21.0. The first-order valence-corrected chi connectivity index (χ1v) is 13.7. The summed E-state index contributed by atoms with van der Waals surface area (Å²) in [4.78, 5) is 12.4. The van der Waals surface area contributed by atoms with Crippen LogP contribution < -0.4 is 10.6 Å². The summed E-state index contributed by atoms with van der Waals surface area (Å²) >= 11 is 1.43. The van der Waals surface area contributed by atoms with E-state index >= 15 is 0 Å². The van der Waals surface area contributed by atoms with Crippen LogP contribution in [0, 0.1) is 6.92 Å². The molecule has 9 heteroatoms. The number of nitrogens with zero attached hydrogens (tertiary/aromatic N) is 5. The van der Waals surface area contributed by atoms with Crippen LogP contribution in [0.1, 0.15) is 36.9 Å². The molecule has 188 valence electrons. The summed E-state index contributed by atoms with van der Waals surface area (Å²) in [5.41, 5.74) is 4.25. The van der Waals surface area contributed by atoms with Crippen LogP contribution in [-0.4, -0.2) is 62.2 Å². The molecule has 1 aromatic carbocycles. The minimum absolute atomic E-state index is 0.402. The molecular formula is C27H33N7OS. The second kappa shape index (κ2) is 10.5. The molecule has 0 unspecified atom stereocenters. The van der Waals surface area contributed by atoms with E-state index < -0.39 is 0 Å². The molecule has 2 N–H and O–H groups in total. The number of hydrogen-bond acceptors (Lipinski definition) is 8. The van der Waals surface area contributed by atoms with E-state index in [4.69, 9.17) is 14.7 Å². The number of morpholine rings is 1. The second-order valence-corrected chi connectivity index (χ2v) is 10.6. The molecule has 4 heterocycles. The zero-order valence-electron chi connectivity index (χ0n) is 20.7. The van der Waals surface area contributed by atoms with Crippen molar-refractivity contribution < 1.29 is 4.74 Å². The van der Waals surface area contributed by atoms with Crippen molar-refractivity contribution in [3.8, 4) is 0 Å². The van der Waals surface area contributed by atoms with Crippen LogP contribution in [0.3, 0.4) is 0 Å². The Morgan fingerprint density at radius 1 is 1.03 bits per heavy atom. The van der Waals surface area contributed by atoms with E-state index in [2.05, 4.69) is 67.1 Å². The third kappa shape index (κ3) is 5.23. The van der Waals surface area contributed by atoms with Gasteiger partial charge in [0.1, 0.15) is 10.5 Å². The van der Waals surface area contributed by atoms with Gasteiger partial charge in [-0.1, -0.05) is 30.3 Å². The van der Waals surface area contributed by atoms with Crippen molar-refractivity contribution in [3.63, 3.8) is 0 Å². The molecule has 0 spiro atoms. The zero-order valence-corrected chi connectivity index (χ0v) is 21.5. The Balaban J connectivity index is 1.25. The molecule has 2 aliphatic rings. The van der Waals surface area contributed by atoms with Crippen LogP contribution in [0.2, 0.25) is 0 Å². The van der Waals surface area contributed by atoms with Crippen molar-refractivity contribution in [2.45, 2.75) is 51.2 Å². The Bertz CT molecular complexity index is 1290. The topological polar surface area (TPSA) is 80.1 Å². The van der Waals surface area contributed by atoms with Gasteiger partial charge in [0, 0.05) is 37.9 Å². The van der Waals surface area contributed by atoms with Crippen LogP contribution >= 0.6 is 11.5 Å². The van der Waals surface area contributed by atoms with Crippen LogP contribution in [0.4, 0.5) is 16.8 Å². The van der Waals surface area contributed by atoms with Gasteiger partial charge in [-0.15, -0.1) is 0 Å². The van der Waals surface area contributed by atoms with Gasteiger partial charge in [0.25, 0.3) is 0 Å². The fourth-order valence-electron chi connectivity index (χ4n) is 5.43. The highest BCUT2D eigenvalue weighted by atomic mass is 32.1. The first kappa shape index (κ1) is 23.4. The molecule has 1 saturated carbocycles. The number of rotatable bonds is 7. The smallest absolute Gasteiger partial charge is 0.230 e. The van der Waals surface area contributed by atoms with Crippen molar-refractivity contribution >= 4 is 39.3 Å². The van der Waals surface area contributed by atoms with Gasteiger partial charge in [0.05, 0.1) is 24.4 Å². The molecule has 3 aromatic heterocycles. The summed E-state index contributed by atoms with van der Waals surface area (Å²) in [6.07, 6.45) is 6.82. The van der Waals surface area contributed by atoms with Gasteiger partial charge in [0.2, 0.25) is 5.95 Å². The summed E-state index contributed by atoms with van der Waals surface area (Å²) in [6.45, 7) is 6.64. The number of ether oxygens (including phenoxy) is 1. The lowest BCUT2D eigenvalue weighted by Crippen LogP contribution is -2.46. The standard InChI is InChI=1S/C27H33N7OS/c1-19-17-24(36-32-19)30-27-29-23-11-12-34(18-20-5-3-2-4-6-20)25(23)26(31-27)28-21-7-9-22(10-8-21)33-13-15-35-16-14-33/h2-6,11-12,17,21-22H,7-10,13-16,18H2,1H3,(H2,28,29,30,31). The van der Waals surface area contributed by atoms with Crippen molar-refractivity contribution in [1.82, 2.24) is 23.8 Å². The van der Waals surface area contributed by atoms with Gasteiger partial charge in [-0.05, 0) is 61.8 Å². The summed E-state index contributed by atoms with van der Waals surface area (Å²) in [5, 5.41) is 8.14. The predicted molar refractivity (Wildman–Crippen MR) is 145 cm³/mol. The molecule has 6 rings (SSSR count). The largest absolute Gasteiger partial charge is 0.379 e. The number of hydrogen-bond donors (Lipinski definition) is 2. The molecule has 36 heavy (non-hydrogen) atoms. The van der Waals surface area contributed by atoms with E-state index in [1.165, 1.54) is 29.9 Å². The number of fused-ring (bicyclic) bond motifs is 1. The second-order valence-electron chi connectivity index (χ2n) is 9.81. The maximum atomic E-state index is 5.55. The third-order valence-electron chi connectivity index (χ3n) is 7.27. The van der Waals surface area contributed by atoms with E-state index in [1.807, 2.05) is 13.0 Å². The quantitative estimate of drug-likeness (QED) is 0.366. The van der Waals surface area contributed by atoms with Crippen molar-refractivity contribution in [1.29, 1.82) is 0 Å². The minimum atomic E-state index is 0.402. The molecule has 0 radical (unpaired) electrons. The summed E-state index contributed by atoms with van der Waals surface area (Å²) in [6, 6.07) is 15.7. The van der Waals surface area contributed by atoms with Crippen molar-refractivity contribution in [3.05, 3.63) is 59.9 Å². The molecule has 1 saturated heterocycles. The number of aryl methyl sites for hydroxylation is 1. The van der Waals surface area contributed by atoms with E-state index in [0.717, 1.165) is 73.2 Å². The van der Waals surface area contributed by atoms with Gasteiger partial charge in [-0.25, -0.2) is 4.98 Å². The monoisotopic (exact) mass is 503 g/mol. The van der Waals surface area contributed by atoms with Gasteiger partial charge in [0.15, 0.2) is 5.82 Å². The van der Waals surface area contributed by atoms with E-state index in [9.17, 15) is 0 Å². The first-order valence-electron chi connectivity index (χ1n) is 12.9. The SMILES string of the molecule is Cc1cc(Nc2nc(NC3CCC(N4CCOCC4)CC3)c3c(ccn3Cc3ccccc3)n2)sn1. The molecule has 1 aliphatic carbocycles. The van der Waals surface area contributed by atoms with E-state index in [0.29, 0.717) is 18.0 Å². The van der Waals surface area contributed by atoms with Crippen LogP contribution in [0.25, 0.3) is 11.0 Å². The zero-order chi connectivity index (χ0) is 24.3. The maximum Gasteiger partial charge on any atom is 0.230 e. The molecule has 4 aromatic rings. The first-order chi connectivity index (χ1) is 17.7. The van der Waals surface area contributed by atoms with Crippen molar-refractivity contribution in [2.24, 2.45) is 0 Å². The minimum Gasteiger partial charge on any atom is -0.379 e. The van der Waals surface area contributed by atoms with Gasteiger partial charge < -0.3 is 19.9 Å². The van der Waals surface area contributed by atoms with Gasteiger partial charge in [-0.3, -0.25) is 4.90 Å². The molecule has 0 bridgehead atoms. The molecular weight excluding hydrogens is 470 g/mol. The number of anilines is 3. The molecule has 1 aliphatic heterocycles.